The molecule has 0 radical (unpaired) electrons. The maximum absolute atomic E-state index is 10.7. The number of hydrogen-bond donors (Lipinski definition) is 1. The first-order valence-corrected chi connectivity index (χ1v) is 5.61. The zero-order chi connectivity index (χ0) is 9.94. The molecule has 0 amide bonds. The van der Waals surface area contributed by atoms with E-state index in [-0.39, 0.29) is 0 Å². The zero-order valence-corrected chi connectivity index (χ0v) is 9.07. The molecular weight excluding hydrogens is 225 g/mol. The van der Waals surface area contributed by atoms with Crippen LogP contribution in [0.1, 0.15) is 20.3 Å². The number of rotatable bonds is 4. The van der Waals surface area contributed by atoms with Gasteiger partial charge in [0.15, 0.2) is 0 Å². The highest BCUT2D eigenvalue weighted by molar-refractivity contribution is 7.83. The van der Waals surface area contributed by atoms with Crippen LogP contribution in [0.25, 0.3) is 0 Å². The molecule has 4 nitrogen and oxygen atoms in total. The van der Waals surface area contributed by atoms with Crippen LogP contribution in [0.2, 0.25) is 0 Å². The lowest BCUT2D eigenvalue weighted by atomic mass is 10.5. The van der Waals surface area contributed by atoms with Crippen LogP contribution < -0.4 is 0 Å². The highest BCUT2D eigenvalue weighted by Gasteiger charge is 2.29. The number of halogens is 2. The smallest absolute Gasteiger partial charge is 0.273 e. The van der Waals surface area contributed by atoms with Crippen molar-refractivity contribution in [3.63, 3.8) is 0 Å². The second kappa shape index (κ2) is 4.62. The van der Waals surface area contributed by atoms with Gasteiger partial charge in [-0.2, -0.15) is 8.42 Å². The first-order valence-electron chi connectivity index (χ1n) is 3.34. The Morgan fingerprint density at radius 3 is 2.00 bits per heavy atom. The molecule has 0 aliphatic rings. The Kier molecular flexibility index (Phi) is 4.79. The van der Waals surface area contributed by atoms with E-state index in [2.05, 4.69) is 0 Å². The van der Waals surface area contributed by atoms with E-state index in [1.807, 2.05) is 0 Å². The molecule has 0 bridgehead atoms. The summed E-state index contributed by atoms with van der Waals surface area (Å²) in [4.78, 5) is 0. The van der Waals surface area contributed by atoms with E-state index in [0.29, 0.717) is 10.7 Å². The van der Waals surface area contributed by atoms with Crippen LogP contribution >= 0.6 is 23.2 Å². The lowest BCUT2D eigenvalue weighted by Gasteiger charge is -2.24. The minimum atomic E-state index is -4.31. The summed E-state index contributed by atoms with van der Waals surface area (Å²) in [5.41, 5.74) is -1.67. The summed E-state index contributed by atoms with van der Waals surface area (Å²) in [6.45, 7) is 3.11. The Bertz CT molecular complexity index is 229. The van der Waals surface area contributed by atoms with E-state index in [0.717, 1.165) is 0 Å². The maximum Gasteiger partial charge on any atom is 0.338 e. The maximum atomic E-state index is 10.7. The second-order valence-electron chi connectivity index (χ2n) is 2.22. The molecule has 74 valence electrons. The summed E-state index contributed by atoms with van der Waals surface area (Å²) in [7, 11) is -4.31. The topological polar surface area (TPSA) is 57.6 Å². The van der Waals surface area contributed by atoms with Gasteiger partial charge in [0.05, 0.1) is 5.50 Å². The fourth-order valence-electron chi connectivity index (χ4n) is 0.731. The van der Waals surface area contributed by atoms with Gasteiger partial charge in [0.25, 0.3) is 0 Å². The van der Waals surface area contributed by atoms with Crippen molar-refractivity contribution in [3.8, 4) is 0 Å². The predicted octanol–water partition coefficient (Wildman–Crippen LogP) is 1.65. The van der Waals surface area contributed by atoms with Gasteiger partial charge in [-0.25, -0.2) is 0 Å². The molecule has 0 aromatic rings. The summed E-state index contributed by atoms with van der Waals surface area (Å²) in [6.07, 6.45) is 0.373. The Morgan fingerprint density at radius 2 is 1.92 bits per heavy atom. The van der Waals surface area contributed by atoms with Crippen molar-refractivity contribution in [2.45, 2.75) is 31.3 Å². The quantitative estimate of drug-likeness (QED) is 0.458. The van der Waals surface area contributed by atoms with Gasteiger partial charge < -0.3 is 0 Å². The number of alkyl halides is 2. The van der Waals surface area contributed by atoms with Crippen LogP contribution in [0.5, 0.6) is 0 Å². The third kappa shape index (κ3) is 3.45. The van der Waals surface area contributed by atoms with E-state index in [1.54, 1.807) is 6.92 Å². The summed E-state index contributed by atoms with van der Waals surface area (Å²) in [5.74, 6) is 0. The number of nitrogens with zero attached hydrogens (tertiary/aromatic N) is 1. The molecule has 0 aromatic carbocycles. The van der Waals surface area contributed by atoms with Gasteiger partial charge in [0.2, 0.25) is 0 Å². The summed E-state index contributed by atoms with van der Waals surface area (Å²) >= 11 is 11.1. The molecule has 12 heavy (non-hydrogen) atoms. The van der Waals surface area contributed by atoms with Crippen LogP contribution in [-0.2, 0) is 10.3 Å². The Labute approximate surface area is 82.3 Å². The van der Waals surface area contributed by atoms with Gasteiger partial charge in [-0.05, 0) is 13.3 Å². The average Bonchev–Trinajstić information content (AvgIpc) is 1.83. The van der Waals surface area contributed by atoms with Gasteiger partial charge in [-0.15, -0.1) is 27.5 Å². The van der Waals surface area contributed by atoms with Gasteiger partial charge in [-0.3, -0.25) is 4.55 Å². The van der Waals surface area contributed by atoms with Gasteiger partial charge in [0, 0.05) is 0 Å². The molecule has 0 saturated heterocycles. The summed E-state index contributed by atoms with van der Waals surface area (Å²) in [5, 5.41) is 0. The van der Waals surface area contributed by atoms with Crippen LogP contribution in [0.3, 0.4) is 0 Å². The van der Waals surface area contributed by atoms with Crippen LogP contribution in [0, 0.1) is 0 Å². The summed E-state index contributed by atoms with van der Waals surface area (Å²) in [6, 6.07) is 0. The fraction of sp³-hybridized carbons (Fsp3) is 1.00. The third-order valence-corrected chi connectivity index (χ3v) is 3.29. The molecule has 0 aromatic heterocycles. The van der Waals surface area contributed by atoms with Crippen molar-refractivity contribution in [3.05, 3.63) is 0 Å². The van der Waals surface area contributed by atoms with Crippen molar-refractivity contribution < 1.29 is 13.0 Å². The fourth-order valence-corrected chi connectivity index (χ4v) is 2.50. The molecule has 7 heteroatoms. The van der Waals surface area contributed by atoms with Crippen LogP contribution in [0.15, 0.2) is 0 Å². The van der Waals surface area contributed by atoms with Crippen molar-refractivity contribution in [2.24, 2.45) is 0 Å². The van der Waals surface area contributed by atoms with Crippen LogP contribution in [0.4, 0.5) is 0 Å². The second-order valence-corrected chi connectivity index (χ2v) is 4.68. The van der Waals surface area contributed by atoms with E-state index in [4.69, 9.17) is 27.8 Å². The molecule has 0 aliphatic carbocycles. The molecular formula is C5H11Cl2NO3S. The van der Waals surface area contributed by atoms with Gasteiger partial charge in [0.1, 0.15) is 5.50 Å². The first kappa shape index (κ1) is 12.4. The van der Waals surface area contributed by atoms with Crippen molar-refractivity contribution in [1.29, 1.82) is 0 Å². The SMILES string of the molecule is CCC(Cl)N(C(C)Cl)S(=O)(=O)O. The molecule has 2 unspecified atom stereocenters. The Balaban J connectivity index is 4.69. The van der Waals surface area contributed by atoms with E-state index in [1.165, 1.54) is 6.92 Å². The first-order chi connectivity index (χ1) is 5.30. The lowest BCUT2D eigenvalue weighted by Crippen LogP contribution is -2.40. The minimum Gasteiger partial charge on any atom is -0.273 e. The molecule has 0 heterocycles. The van der Waals surface area contributed by atoms with E-state index < -0.39 is 21.3 Å². The van der Waals surface area contributed by atoms with Crippen molar-refractivity contribution in [2.75, 3.05) is 0 Å². The molecule has 0 rings (SSSR count). The molecule has 0 saturated carbocycles. The lowest BCUT2D eigenvalue weighted by molar-refractivity contribution is 0.322. The largest absolute Gasteiger partial charge is 0.338 e. The van der Waals surface area contributed by atoms with E-state index >= 15 is 0 Å². The van der Waals surface area contributed by atoms with Crippen LogP contribution in [-0.4, -0.2) is 28.3 Å². The molecule has 0 fully saturated rings. The average molecular weight is 236 g/mol. The Morgan fingerprint density at radius 1 is 1.50 bits per heavy atom. The van der Waals surface area contributed by atoms with E-state index in [9.17, 15) is 8.42 Å². The highest BCUT2D eigenvalue weighted by atomic mass is 35.5. The zero-order valence-electron chi connectivity index (χ0n) is 6.74. The summed E-state index contributed by atoms with van der Waals surface area (Å²) < 4.78 is 30.7. The highest BCUT2D eigenvalue weighted by Crippen LogP contribution is 2.18. The normalized spacial score (nSPS) is 17.8. The molecule has 1 N–H and O–H groups in total. The number of hydrogen-bond acceptors (Lipinski definition) is 2. The Hall–Kier alpha value is 0.450. The molecule has 0 spiro atoms. The monoisotopic (exact) mass is 235 g/mol. The minimum absolute atomic E-state index is 0.373. The molecule has 2 atom stereocenters. The predicted molar refractivity (Wildman–Crippen MR) is 48.6 cm³/mol. The van der Waals surface area contributed by atoms with Crippen molar-refractivity contribution in [1.82, 2.24) is 4.31 Å². The van der Waals surface area contributed by atoms with Crippen molar-refractivity contribution >= 4 is 33.5 Å². The standard InChI is InChI=1S/C5H11Cl2NO3S/c1-3-5(7)8(4(2)6)12(9,10)11/h4-5H,3H2,1-2H3,(H,9,10,11). The third-order valence-electron chi connectivity index (χ3n) is 1.23. The van der Waals surface area contributed by atoms with Gasteiger partial charge in [-0.1, -0.05) is 6.92 Å². The molecule has 0 aliphatic heterocycles. The van der Waals surface area contributed by atoms with Gasteiger partial charge >= 0.3 is 10.3 Å².